The van der Waals surface area contributed by atoms with Crippen molar-refractivity contribution in [2.24, 2.45) is 0 Å². The normalized spacial score (nSPS) is 13.5. The Labute approximate surface area is 404 Å². The number of carbonyl (C=O) groups is 2. The van der Waals surface area contributed by atoms with Crippen molar-refractivity contribution in [2.45, 2.75) is 309 Å². The van der Waals surface area contributed by atoms with E-state index in [1.807, 2.05) is 0 Å². The Morgan fingerprint density at radius 3 is 1.22 bits per heavy atom. The first-order chi connectivity index (χ1) is 32.0. The molecule has 0 aliphatic carbocycles. The molecule has 0 aromatic heterocycles. The number of hydrogen-bond donors (Lipinski definition) is 3. The second-order valence-electron chi connectivity index (χ2n) is 19.4. The van der Waals surface area contributed by atoms with Gasteiger partial charge in [-0.05, 0) is 77.0 Å². The summed E-state index contributed by atoms with van der Waals surface area (Å²) >= 11 is 0. The number of carbonyl (C=O) groups excluding carboxylic acids is 2. The molecule has 6 heteroatoms. The van der Waals surface area contributed by atoms with Gasteiger partial charge in [-0.15, -0.1) is 0 Å². The molecule has 1 amide bonds. The highest BCUT2D eigenvalue weighted by Gasteiger charge is 2.24. The predicted octanol–water partition coefficient (Wildman–Crippen LogP) is 17.4. The van der Waals surface area contributed by atoms with E-state index in [1.165, 1.54) is 167 Å². The van der Waals surface area contributed by atoms with Crippen LogP contribution in [0.2, 0.25) is 0 Å². The van der Waals surface area contributed by atoms with Crippen LogP contribution in [0, 0.1) is 0 Å². The fraction of sp³-hybridized carbons (Fsp3) is 0.831. The number of ether oxygens (including phenoxy) is 1. The van der Waals surface area contributed by atoms with Crippen molar-refractivity contribution in [3.05, 3.63) is 48.6 Å². The molecule has 6 nitrogen and oxygen atoms in total. The summed E-state index contributed by atoms with van der Waals surface area (Å²) in [6, 6.07) is -0.707. The zero-order valence-electron chi connectivity index (χ0n) is 43.4. The van der Waals surface area contributed by atoms with E-state index in [9.17, 15) is 19.8 Å². The van der Waals surface area contributed by atoms with Crippen LogP contribution >= 0.6 is 0 Å². The van der Waals surface area contributed by atoms with E-state index in [0.717, 1.165) is 77.0 Å². The lowest BCUT2D eigenvalue weighted by atomic mass is 10.0. The highest BCUT2D eigenvalue weighted by atomic mass is 16.5. The maximum Gasteiger partial charge on any atom is 0.306 e. The number of esters is 1. The van der Waals surface area contributed by atoms with Gasteiger partial charge in [0.05, 0.1) is 25.2 Å². The number of rotatable bonds is 51. The summed E-state index contributed by atoms with van der Waals surface area (Å²) in [5, 5.41) is 23.8. The third kappa shape index (κ3) is 48.1. The number of allylic oxidation sites excluding steroid dienone is 8. The number of unbranched alkanes of at least 4 members (excludes halogenated alkanes) is 33. The molecular weight excluding hydrogens is 803 g/mol. The first-order valence-electron chi connectivity index (χ1n) is 28.4. The summed E-state index contributed by atoms with van der Waals surface area (Å²) in [5.74, 6) is -0.491. The predicted molar refractivity (Wildman–Crippen MR) is 282 cm³/mol. The molecule has 3 N–H and O–H groups in total. The third-order valence-electron chi connectivity index (χ3n) is 12.9. The number of hydrogen-bond acceptors (Lipinski definition) is 5. The minimum atomic E-state index is -0.792. The monoisotopic (exact) mass is 912 g/mol. The lowest BCUT2D eigenvalue weighted by Gasteiger charge is -2.24. The number of aliphatic hydroxyl groups is 2. The highest BCUT2D eigenvalue weighted by Crippen LogP contribution is 2.18. The van der Waals surface area contributed by atoms with Gasteiger partial charge in [0.2, 0.25) is 5.91 Å². The van der Waals surface area contributed by atoms with Crippen LogP contribution in [0.4, 0.5) is 0 Å². The van der Waals surface area contributed by atoms with E-state index >= 15 is 0 Å². The van der Waals surface area contributed by atoms with Gasteiger partial charge in [-0.2, -0.15) is 0 Å². The topological polar surface area (TPSA) is 95.9 Å². The van der Waals surface area contributed by atoms with E-state index in [1.54, 1.807) is 0 Å². The Kier molecular flexibility index (Phi) is 51.0. The van der Waals surface area contributed by atoms with Crippen LogP contribution in [0.25, 0.3) is 0 Å². The molecule has 0 spiro atoms. The zero-order valence-corrected chi connectivity index (χ0v) is 43.4. The van der Waals surface area contributed by atoms with E-state index in [-0.39, 0.29) is 24.9 Å². The van der Waals surface area contributed by atoms with Crippen LogP contribution in [-0.4, -0.2) is 46.9 Å². The number of nitrogens with one attached hydrogen (secondary N) is 1. The molecule has 3 unspecified atom stereocenters. The van der Waals surface area contributed by atoms with Crippen LogP contribution in [0.5, 0.6) is 0 Å². The van der Waals surface area contributed by atoms with Crippen LogP contribution in [0.3, 0.4) is 0 Å². The molecule has 0 saturated carbocycles. The average Bonchev–Trinajstić information content (AvgIpc) is 3.30. The Hall–Kier alpha value is -2.18. The fourth-order valence-electron chi connectivity index (χ4n) is 8.60. The van der Waals surface area contributed by atoms with Gasteiger partial charge in [0.15, 0.2) is 0 Å². The van der Waals surface area contributed by atoms with Gasteiger partial charge in [0.1, 0.15) is 6.10 Å². The molecule has 0 radical (unpaired) electrons. The molecule has 0 fully saturated rings. The lowest BCUT2D eigenvalue weighted by Crippen LogP contribution is -2.46. The standard InChI is InChI=1S/C59H109NO5/c1-4-7-10-13-16-19-22-24-26-28-30-32-34-37-40-43-46-49-52-59(64)65-55(50-47-44-41-38-36-33-31-29-27-25-23-20-17-14-11-8-5-2)53-58(63)60-56(54-61)57(62)51-48-45-42-39-35-21-18-15-12-9-6-3/h22,24-28,30,32,55-57,61-62H,4-21,23,29,31,33-54H2,1-3H3,(H,60,63)/b24-22+,27-25+,28-26+,32-30+. The molecule has 0 aliphatic heterocycles. The zero-order chi connectivity index (χ0) is 47.4. The third-order valence-corrected chi connectivity index (χ3v) is 12.9. The average molecular weight is 913 g/mol. The van der Waals surface area contributed by atoms with Crippen molar-refractivity contribution >= 4 is 11.9 Å². The Bertz CT molecular complexity index is 1110. The second kappa shape index (κ2) is 52.8. The SMILES string of the molecule is CCCCCCC/C=C/C=C/C=C/CCCCCCCC(=O)OC(CCCCCCCCC/C=C/CCCCCCCC)CC(=O)NC(CO)C(O)CCCCCCCCCCCCC. The summed E-state index contributed by atoms with van der Waals surface area (Å²) in [6.45, 7) is 6.47. The van der Waals surface area contributed by atoms with Gasteiger partial charge in [0, 0.05) is 6.42 Å². The van der Waals surface area contributed by atoms with Crippen LogP contribution < -0.4 is 5.32 Å². The fourth-order valence-corrected chi connectivity index (χ4v) is 8.60. The molecule has 0 saturated heterocycles. The summed E-state index contributed by atoms with van der Waals surface area (Å²) in [6.07, 6.45) is 64.6. The molecule has 65 heavy (non-hydrogen) atoms. The van der Waals surface area contributed by atoms with Crippen LogP contribution in [0.15, 0.2) is 48.6 Å². The molecule has 0 bridgehead atoms. The molecule has 0 aliphatic rings. The first kappa shape index (κ1) is 62.8. The minimum Gasteiger partial charge on any atom is -0.462 e. The Morgan fingerprint density at radius 2 is 0.800 bits per heavy atom. The van der Waals surface area contributed by atoms with Crippen molar-refractivity contribution in [1.29, 1.82) is 0 Å². The Morgan fingerprint density at radius 1 is 0.446 bits per heavy atom. The van der Waals surface area contributed by atoms with Gasteiger partial charge in [-0.25, -0.2) is 0 Å². The maximum atomic E-state index is 13.2. The van der Waals surface area contributed by atoms with E-state index < -0.39 is 18.2 Å². The molecule has 0 aromatic carbocycles. The first-order valence-corrected chi connectivity index (χ1v) is 28.4. The summed E-state index contributed by atoms with van der Waals surface area (Å²) < 4.78 is 5.95. The van der Waals surface area contributed by atoms with Gasteiger partial charge in [0.25, 0.3) is 0 Å². The van der Waals surface area contributed by atoms with Gasteiger partial charge >= 0.3 is 5.97 Å². The molecule has 380 valence electrons. The van der Waals surface area contributed by atoms with Crippen molar-refractivity contribution in [1.82, 2.24) is 5.32 Å². The summed E-state index contributed by atoms with van der Waals surface area (Å²) in [7, 11) is 0. The lowest BCUT2D eigenvalue weighted by molar-refractivity contribution is -0.151. The van der Waals surface area contributed by atoms with Gasteiger partial charge in [-0.1, -0.05) is 249 Å². The Balaban J connectivity index is 4.60. The van der Waals surface area contributed by atoms with Crippen molar-refractivity contribution in [3.8, 4) is 0 Å². The molecule has 0 rings (SSSR count). The molecular formula is C59H109NO5. The van der Waals surface area contributed by atoms with E-state index in [0.29, 0.717) is 19.3 Å². The van der Waals surface area contributed by atoms with E-state index in [2.05, 4.69) is 74.7 Å². The molecule has 3 atom stereocenters. The minimum absolute atomic E-state index is 0.0674. The largest absolute Gasteiger partial charge is 0.462 e. The van der Waals surface area contributed by atoms with Crippen molar-refractivity contribution < 1.29 is 24.5 Å². The van der Waals surface area contributed by atoms with E-state index in [4.69, 9.17) is 4.74 Å². The van der Waals surface area contributed by atoms with Crippen molar-refractivity contribution in [3.63, 3.8) is 0 Å². The second-order valence-corrected chi connectivity index (χ2v) is 19.4. The molecule has 0 heterocycles. The van der Waals surface area contributed by atoms with Gasteiger partial charge in [-0.3, -0.25) is 9.59 Å². The quantitative estimate of drug-likeness (QED) is 0.0245. The smallest absolute Gasteiger partial charge is 0.306 e. The summed E-state index contributed by atoms with van der Waals surface area (Å²) in [5.41, 5.74) is 0. The maximum absolute atomic E-state index is 13.2. The highest BCUT2D eigenvalue weighted by molar-refractivity contribution is 5.77. The molecule has 0 aromatic rings. The van der Waals surface area contributed by atoms with Crippen molar-refractivity contribution in [2.75, 3.05) is 6.61 Å². The van der Waals surface area contributed by atoms with Crippen LogP contribution in [-0.2, 0) is 14.3 Å². The summed E-state index contributed by atoms with van der Waals surface area (Å²) in [4.78, 5) is 26.2. The number of aliphatic hydroxyl groups excluding tert-OH is 2. The van der Waals surface area contributed by atoms with Gasteiger partial charge < -0.3 is 20.3 Å². The number of amides is 1. The van der Waals surface area contributed by atoms with Crippen LogP contribution in [0.1, 0.15) is 290 Å².